The monoisotopic (exact) mass is 362 g/mol. The molecule has 2 rings (SSSR count). The van der Waals surface area contributed by atoms with Crippen molar-refractivity contribution in [3.8, 4) is 23.6 Å². The maximum absolute atomic E-state index is 8.61. The summed E-state index contributed by atoms with van der Waals surface area (Å²) in [5.41, 5.74) is 2.42. The van der Waals surface area contributed by atoms with Crippen molar-refractivity contribution in [1.29, 1.82) is 10.5 Å². The SMILES string of the molecule is CCC(CC)(c1ccc(OCCC#N)cc1)c1ccc(OCCC#N)cc1. The molecule has 0 aromatic heterocycles. The van der Waals surface area contributed by atoms with Crippen LogP contribution in [0.2, 0.25) is 0 Å². The van der Waals surface area contributed by atoms with Gasteiger partial charge < -0.3 is 9.47 Å². The first-order chi connectivity index (χ1) is 13.2. The Balaban J connectivity index is 2.21. The second-order valence-electron chi connectivity index (χ2n) is 6.35. The highest BCUT2D eigenvalue weighted by Crippen LogP contribution is 2.39. The van der Waals surface area contributed by atoms with Crippen LogP contribution in [0.5, 0.6) is 11.5 Å². The van der Waals surface area contributed by atoms with Gasteiger partial charge in [0, 0.05) is 5.41 Å². The van der Waals surface area contributed by atoms with Gasteiger partial charge in [0.2, 0.25) is 0 Å². The van der Waals surface area contributed by atoms with Crippen molar-refractivity contribution in [2.24, 2.45) is 0 Å². The van der Waals surface area contributed by atoms with Crippen molar-refractivity contribution in [2.75, 3.05) is 13.2 Å². The lowest BCUT2D eigenvalue weighted by atomic mass is 9.70. The molecule has 2 aromatic rings. The van der Waals surface area contributed by atoms with Crippen LogP contribution < -0.4 is 9.47 Å². The summed E-state index contributed by atoms with van der Waals surface area (Å²) in [5, 5.41) is 17.2. The van der Waals surface area contributed by atoms with Crippen LogP contribution in [-0.2, 0) is 5.41 Å². The van der Waals surface area contributed by atoms with Crippen molar-refractivity contribution >= 4 is 0 Å². The molecule has 0 bridgehead atoms. The molecular formula is C23H26N2O2. The quantitative estimate of drug-likeness (QED) is 0.532. The molecule has 0 aliphatic carbocycles. The lowest BCUT2D eigenvalue weighted by Gasteiger charge is -2.33. The van der Waals surface area contributed by atoms with Crippen molar-refractivity contribution in [3.05, 3.63) is 59.7 Å². The minimum Gasteiger partial charge on any atom is -0.493 e. The van der Waals surface area contributed by atoms with E-state index in [1.807, 2.05) is 24.3 Å². The maximum atomic E-state index is 8.61. The van der Waals surface area contributed by atoms with E-state index >= 15 is 0 Å². The highest BCUT2D eigenvalue weighted by atomic mass is 16.5. The molecule has 0 fully saturated rings. The molecule has 4 heteroatoms. The molecule has 0 aliphatic heterocycles. The van der Waals surface area contributed by atoms with E-state index in [9.17, 15) is 0 Å². The van der Waals surface area contributed by atoms with Crippen LogP contribution in [-0.4, -0.2) is 13.2 Å². The second kappa shape index (κ2) is 10.2. The molecular weight excluding hydrogens is 336 g/mol. The van der Waals surface area contributed by atoms with Crippen LogP contribution in [0.1, 0.15) is 50.7 Å². The molecule has 27 heavy (non-hydrogen) atoms. The van der Waals surface area contributed by atoms with E-state index in [1.54, 1.807) is 0 Å². The Kier molecular flexibility index (Phi) is 7.71. The van der Waals surface area contributed by atoms with Crippen LogP contribution in [0.25, 0.3) is 0 Å². The van der Waals surface area contributed by atoms with Crippen LogP contribution in [0.15, 0.2) is 48.5 Å². The van der Waals surface area contributed by atoms with Crippen molar-refractivity contribution in [2.45, 2.75) is 44.9 Å². The van der Waals surface area contributed by atoms with Gasteiger partial charge in [-0.3, -0.25) is 0 Å². The van der Waals surface area contributed by atoms with E-state index in [0.29, 0.717) is 26.1 Å². The summed E-state index contributed by atoms with van der Waals surface area (Å²) in [6, 6.07) is 20.5. The summed E-state index contributed by atoms with van der Waals surface area (Å²) >= 11 is 0. The third kappa shape index (κ3) is 5.02. The van der Waals surface area contributed by atoms with Gasteiger partial charge in [0.1, 0.15) is 24.7 Å². The normalized spacial score (nSPS) is 10.7. The Morgan fingerprint density at radius 3 is 1.37 bits per heavy atom. The van der Waals surface area contributed by atoms with E-state index in [1.165, 1.54) is 11.1 Å². The van der Waals surface area contributed by atoms with E-state index in [0.717, 1.165) is 24.3 Å². The number of rotatable bonds is 10. The van der Waals surface area contributed by atoms with Gasteiger partial charge in [0.15, 0.2) is 0 Å². The highest BCUT2D eigenvalue weighted by molar-refractivity contribution is 5.43. The maximum Gasteiger partial charge on any atom is 0.119 e. The van der Waals surface area contributed by atoms with Gasteiger partial charge in [-0.2, -0.15) is 10.5 Å². The largest absolute Gasteiger partial charge is 0.493 e. The molecule has 0 saturated heterocycles. The molecule has 0 unspecified atom stereocenters. The van der Waals surface area contributed by atoms with Crippen molar-refractivity contribution < 1.29 is 9.47 Å². The summed E-state index contributed by atoms with van der Waals surface area (Å²) in [7, 11) is 0. The molecule has 0 heterocycles. The predicted molar refractivity (Wildman–Crippen MR) is 106 cm³/mol. The van der Waals surface area contributed by atoms with Gasteiger partial charge in [-0.05, 0) is 48.2 Å². The van der Waals surface area contributed by atoms with E-state index in [4.69, 9.17) is 20.0 Å². The third-order valence-corrected chi connectivity index (χ3v) is 4.99. The molecule has 140 valence electrons. The fourth-order valence-electron chi connectivity index (χ4n) is 3.40. The topological polar surface area (TPSA) is 66.0 Å². The predicted octanol–water partition coefficient (Wildman–Crippen LogP) is 5.38. The number of hydrogen-bond acceptors (Lipinski definition) is 4. The highest BCUT2D eigenvalue weighted by Gasteiger charge is 2.30. The van der Waals surface area contributed by atoms with Crippen LogP contribution in [0.3, 0.4) is 0 Å². The zero-order valence-corrected chi connectivity index (χ0v) is 16.1. The van der Waals surface area contributed by atoms with Crippen LogP contribution in [0, 0.1) is 22.7 Å². The minimum atomic E-state index is -0.0730. The van der Waals surface area contributed by atoms with Crippen LogP contribution in [0.4, 0.5) is 0 Å². The van der Waals surface area contributed by atoms with Crippen molar-refractivity contribution in [3.63, 3.8) is 0 Å². The first-order valence-electron chi connectivity index (χ1n) is 9.40. The Morgan fingerprint density at radius 1 is 0.704 bits per heavy atom. The number of ether oxygens (including phenoxy) is 2. The Hall–Kier alpha value is -2.98. The first-order valence-corrected chi connectivity index (χ1v) is 9.40. The zero-order valence-electron chi connectivity index (χ0n) is 16.1. The summed E-state index contributed by atoms with van der Waals surface area (Å²) in [6.45, 7) is 5.24. The summed E-state index contributed by atoms with van der Waals surface area (Å²) in [6.07, 6.45) is 2.73. The summed E-state index contributed by atoms with van der Waals surface area (Å²) in [5.74, 6) is 1.58. The zero-order chi connectivity index (χ0) is 19.5. The van der Waals surface area contributed by atoms with E-state index in [-0.39, 0.29) is 5.41 Å². The molecule has 0 aliphatic rings. The van der Waals surface area contributed by atoms with Crippen LogP contribution >= 0.6 is 0 Å². The fourth-order valence-corrected chi connectivity index (χ4v) is 3.40. The average molecular weight is 362 g/mol. The molecule has 4 nitrogen and oxygen atoms in total. The Morgan fingerprint density at radius 2 is 1.07 bits per heavy atom. The van der Waals surface area contributed by atoms with Gasteiger partial charge in [0.25, 0.3) is 0 Å². The molecule has 0 atom stereocenters. The smallest absolute Gasteiger partial charge is 0.119 e. The van der Waals surface area contributed by atoms with Gasteiger partial charge in [-0.15, -0.1) is 0 Å². The average Bonchev–Trinajstić information content (AvgIpc) is 2.72. The Labute approximate surface area is 162 Å². The molecule has 0 spiro atoms. The first kappa shape index (κ1) is 20.3. The van der Waals surface area contributed by atoms with Gasteiger partial charge in [0.05, 0.1) is 25.0 Å². The fraction of sp³-hybridized carbons (Fsp3) is 0.391. The van der Waals surface area contributed by atoms with E-state index < -0.39 is 0 Å². The number of nitriles is 2. The van der Waals surface area contributed by atoms with Gasteiger partial charge in [-0.25, -0.2) is 0 Å². The lowest BCUT2D eigenvalue weighted by molar-refractivity contribution is 0.326. The molecule has 0 saturated carbocycles. The molecule has 0 N–H and O–H groups in total. The minimum absolute atomic E-state index is 0.0730. The number of benzene rings is 2. The summed E-state index contributed by atoms with van der Waals surface area (Å²) in [4.78, 5) is 0. The molecule has 0 amide bonds. The number of nitrogens with zero attached hydrogens (tertiary/aromatic N) is 2. The number of hydrogen-bond donors (Lipinski definition) is 0. The van der Waals surface area contributed by atoms with E-state index in [2.05, 4.69) is 50.3 Å². The Bertz CT molecular complexity index is 714. The second-order valence-corrected chi connectivity index (χ2v) is 6.35. The third-order valence-electron chi connectivity index (χ3n) is 4.99. The molecule has 0 radical (unpaired) electrons. The summed E-state index contributed by atoms with van der Waals surface area (Å²) < 4.78 is 11.2. The standard InChI is InChI=1S/C23H26N2O2/c1-3-23(4-2,19-7-11-21(12-8-19)26-17-5-15-24)20-9-13-22(14-10-20)27-18-6-16-25/h7-14H,3-6,17-18H2,1-2H3. The van der Waals surface area contributed by atoms with Gasteiger partial charge in [-0.1, -0.05) is 38.1 Å². The van der Waals surface area contributed by atoms with Crippen molar-refractivity contribution in [1.82, 2.24) is 0 Å². The van der Waals surface area contributed by atoms with Gasteiger partial charge >= 0.3 is 0 Å². The lowest BCUT2D eigenvalue weighted by Crippen LogP contribution is -2.26. The molecule has 2 aromatic carbocycles.